The molecule has 35 heavy (non-hydrogen) atoms. The average molecular weight is 454 g/mol. The lowest BCUT2D eigenvalue weighted by atomic mass is 10.0. The minimum Gasteiger partial charge on any atom is -0.293 e. The molecule has 0 fully saturated rings. The number of Topliss-reactive ketones (excluding diaryl/α,β-unsaturated/α-hetero) is 4. The van der Waals surface area contributed by atoms with E-state index < -0.39 is 5.92 Å². The molecular formula is C31H18O4. The van der Waals surface area contributed by atoms with Crippen LogP contribution in [0.4, 0.5) is 0 Å². The summed E-state index contributed by atoms with van der Waals surface area (Å²) in [7, 11) is 0. The van der Waals surface area contributed by atoms with Crippen LogP contribution in [0.5, 0.6) is 0 Å². The standard InChI is InChI=1S/C31H18O4/c32-28-22(29(33)25-15-19-9-5-4-8-18(19)14-24(25)28)12-2-1-3-13-23-30(34)26-16-20-10-6-7-11-21(20)17-27(26)31(23)35/h1-17,22H. The van der Waals surface area contributed by atoms with E-state index in [0.29, 0.717) is 22.3 Å². The number of hydrogen-bond donors (Lipinski definition) is 0. The third kappa shape index (κ3) is 3.30. The highest BCUT2D eigenvalue weighted by Crippen LogP contribution is 2.32. The van der Waals surface area contributed by atoms with Gasteiger partial charge in [-0.25, -0.2) is 0 Å². The number of carbonyl (C=O) groups is 4. The fourth-order valence-electron chi connectivity index (χ4n) is 4.83. The van der Waals surface area contributed by atoms with E-state index >= 15 is 0 Å². The highest BCUT2D eigenvalue weighted by atomic mass is 16.2. The Balaban J connectivity index is 1.22. The van der Waals surface area contributed by atoms with Crippen LogP contribution in [0.15, 0.2) is 109 Å². The summed E-state index contributed by atoms with van der Waals surface area (Å²) in [5, 5.41) is 3.66. The van der Waals surface area contributed by atoms with Gasteiger partial charge in [-0.1, -0.05) is 72.8 Å². The molecule has 2 aliphatic rings. The van der Waals surface area contributed by atoms with Crippen molar-refractivity contribution in [2.45, 2.75) is 0 Å². The molecule has 0 radical (unpaired) electrons. The van der Waals surface area contributed by atoms with Crippen molar-refractivity contribution in [2.24, 2.45) is 5.92 Å². The van der Waals surface area contributed by atoms with Gasteiger partial charge >= 0.3 is 0 Å². The van der Waals surface area contributed by atoms with E-state index in [1.165, 1.54) is 6.08 Å². The molecule has 4 nitrogen and oxygen atoms in total. The zero-order valence-corrected chi connectivity index (χ0v) is 18.5. The van der Waals surface area contributed by atoms with E-state index in [1.54, 1.807) is 48.6 Å². The Bertz CT molecular complexity index is 1600. The Morgan fingerprint density at radius 2 is 0.943 bits per heavy atom. The summed E-state index contributed by atoms with van der Waals surface area (Å²) < 4.78 is 0. The zero-order valence-electron chi connectivity index (χ0n) is 18.5. The maximum atomic E-state index is 12.8. The topological polar surface area (TPSA) is 68.3 Å². The number of hydrogen-bond acceptors (Lipinski definition) is 4. The van der Waals surface area contributed by atoms with E-state index in [1.807, 2.05) is 48.5 Å². The smallest absolute Gasteiger partial charge is 0.197 e. The number of fused-ring (bicyclic) bond motifs is 4. The van der Waals surface area contributed by atoms with Gasteiger partial charge in [-0.2, -0.15) is 0 Å². The average Bonchev–Trinajstić information content (AvgIpc) is 3.25. The second-order valence-electron chi connectivity index (χ2n) is 8.70. The maximum absolute atomic E-state index is 12.8. The van der Waals surface area contributed by atoms with Gasteiger partial charge in [0.25, 0.3) is 0 Å². The highest BCUT2D eigenvalue weighted by Gasteiger charge is 2.37. The molecular weight excluding hydrogens is 436 g/mol. The van der Waals surface area contributed by atoms with Crippen molar-refractivity contribution in [3.05, 3.63) is 131 Å². The second kappa shape index (κ2) is 7.96. The Morgan fingerprint density at radius 3 is 1.40 bits per heavy atom. The quantitative estimate of drug-likeness (QED) is 0.162. The number of ketones is 4. The van der Waals surface area contributed by atoms with E-state index in [0.717, 1.165) is 21.5 Å². The summed E-state index contributed by atoms with van der Waals surface area (Å²) in [5.41, 5.74) is 1.82. The van der Waals surface area contributed by atoms with Crippen molar-refractivity contribution < 1.29 is 19.2 Å². The predicted octanol–water partition coefficient (Wildman–Crippen LogP) is 6.11. The number of allylic oxidation sites excluding steroid dienone is 6. The Morgan fingerprint density at radius 1 is 0.514 bits per heavy atom. The van der Waals surface area contributed by atoms with E-state index in [2.05, 4.69) is 0 Å². The molecule has 6 rings (SSSR count). The van der Waals surface area contributed by atoms with Crippen LogP contribution in [0.1, 0.15) is 41.4 Å². The van der Waals surface area contributed by atoms with Crippen molar-refractivity contribution in [3.8, 4) is 0 Å². The number of carbonyl (C=O) groups excluding carboxylic acids is 4. The minimum absolute atomic E-state index is 0.104. The molecule has 0 spiro atoms. The first-order valence-corrected chi connectivity index (χ1v) is 11.3. The third-order valence-electron chi connectivity index (χ3n) is 6.63. The Labute approximate surface area is 200 Å². The van der Waals surface area contributed by atoms with Crippen LogP contribution in [-0.4, -0.2) is 23.1 Å². The third-order valence-corrected chi connectivity index (χ3v) is 6.63. The lowest BCUT2D eigenvalue weighted by molar-refractivity contribution is 0.0869. The maximum Gasteiger partial charge on any atom is 0.197 e. The minimum atomic E-state index is -0.870. The van der Waals surface area contributed by atoms with Gasteiger partial charge in [0.15, 0.2) is 23.1 Å². The van der Waals surface area contributed by atoms with Crippen molar-refractivity contribution in [1.82, 2.24) is 0 Å². The fourth-order valence-corrected chi connectivity index (χ4v) is 4.83. The largest absolute Gasteiger partial charge is 0.293 e. The Kier molecular flexibility index (Phi) is 4.75. The van der Waals surface area contributed by atoms with Crippen LogP contribution in [0.2, 0.25) is 0 Å². The van der Waals surface area contributed by atoms with Crippen LogP contribution >= 0.6 is 0 Å². The van der Waals surface area contributed by atoms with Gasteiger partial charge in [-0.05, 0) is 51.9 Å². The first-order chi connectivity index (χ1) is 17.0. The van der Waals surface area contributed by atoms with Crippen molar-refractivity contribution in [3.63, 3.8) is 0 Å². The molecule has 4 aromatic rings. The van der Waals surface area contributed by atoms with Gasteiger partial charge in [-0.15, -0.1) is 0 Å². The first kappa shape index (κ1) is 20.9. The molecule has 0 bridgehead atoms. The molecule has 0 amide bonds. The summed E-state index contributed by atoms with van der Waals surface area (Å²) in [6.07, 6.45) is 7.85. The van der Waals surface area contributed by atoms with Crippen molar-refractivity contribution in [1.29, 1.82) is 0 Å². The fraction of sp³-hybridized carbons (Fsp3) is 0.0323. The Hall–Kier alpha value is -4.70. The normalized spacial score (nSPS) is 15.8. The molecule has 0 aliphatic heterocycles. The molecule has 4 aromatic carbocycles. The van der Waals surface area contributed by atoms with E-state index in [-0.39, 0.29) is 28.7 Å². The molecule has 0 heterocycles. The number of benzene rings is 4. The molecule has 0 aromatic heterocycles. The lowest BCUT2D eigenvalue weighted by Gasteiger charge is -2.00. The summed E-state index contributed by atoms with van der Waals surface area (Å²) in [6.45, 7) is 0. The monoisotopic (exact) mass is 454 g/mol. The van der Waals surface area contributed by atoms with E-state index in [9.17, 15) is 19.2 Å². The van der Waals surface area contributed by atoms with Gasteiger partial charge < -0.3 is 0 Å². The predicted molar refractivity (Wildman–Crippen MR) is 135 cm³/mol. The van der Waals surface area contributed by atoms with Crippen LogP contribution in [0.25, 0.3) is 21.5 Å². The molecule has 0 atom stereocenters. The zero-order chi connectivity index (χ0) is 24.1. The molecule has 0 saturated heterocycles. The van der Waals surface area contributed by atoms with Gasteiger partial charge in [0.2, 0.25) is 0 Å². The molecule has 0 saturated carbocycles. The molecule has 2 aliphatic carbocycles. The number of rotatable bonds is 3. The summed E-state index contributed by atoms with van der Waals surface area (Å²) >= 11 is 0. The van der Waals surface area contributed by atoms with Gasteiger partial charge in [0.05, 0.1) is 5.57 Å². The lowest BCUT2D eigenvalue weighted by Crippen LogP contribution is -2.11. The SMILES string of the molecule is O=C1C(=CC=CC=CC2C(=O)c3cc4ccccc4cc3C2=O)C(=O)c2cc3ccccc3cc21. The van der Waals surface area contributed by atoms with Crippen LogP contribution in [-0.2, 0) is 0 Å². The summed E-state index contributed by atoms with van der Waals surface area (Å²) in [4.78, 5) is 51.3. The summed E-state index contributed by atoms with van der Waals surface area (Å²) in [5.74, 6) is -1.91. The molecule has 4 heteroatoms. The van der Waals surface area contributed by atoms with Gasteiger partial charge in [0.1, 0.15) is 5.92 Å². The highest BCUT2D eigenvalue weighted by molar-refractivity contribution is 6.40. The molecule has 166 valence electrons. The van der Waals surface area contributed by atoms with Crippen molar-refractivity contribution >= 4 is 44.7 Å². The van der Waals surface area contributed by atoms with E-state index in [4.69, 9.17) is 0 Å². The van der Waals surface area contributed by atoms with Crippen LogP contribution < -0.4 is 0 Å². The van der Waals surface area contributed by atoms with Crippen LogP contribution in [0.3, 0.4) is 0 Å². The molecule has 0 N–H and O–H groups in total. The summed E-state index contributed by atoms with van der Waals surface area (Å²) in [6, 6.07) is 22.3. The van der Waals surface area contributed by atoms with Gasteiger partial charge in [0, 0.05) is 22.3 Å². The molecule has 0 unspecified atom stereocenters. The first-order valence-electron chi connectivity index (χ1n) is 11.3. The van der Waals surface area contributed by atoms with Gasteiger partial charge in [-0.3, -0.25) is 19.2 Å². The second-order valence-corrected chi connectivity index (χ2v) is 8.70. The van der Waals surface area contributed by atoms with Crippen molar-refractivity contribution in [2.75, 3.05) is 0 Å². The van der Waals surface area contributed by atoms with Crippen LogP contribution in [0, 0.1) is 5.92 Å².